The lowest BCUT2D eigenvalue weighted by atomic mass is 9.85. The summed E-state index contributed by atoms with van der Waals surface area (Å²) < 4.78 is 1.75. The quantitative estimate of drug-likeness (QED) is 0.718. The molecule has 2 saturated carbocycles. The summed E-state index contributed by atoms with van der Waals surface area (Å²) >= 11 is 0. The molecule has 0 saturated heterocycles. The summed E-state index contributed by atoms with van der Waals surface area (Å²) in [6, 6.07) is 10.0. The maximum absolute atomic E-state index is 10.5. The molecule has 6 heteroatoms. The highest BCUT2D eigenvalue weighted by molar-refractivity contribution is 5.69. The molecule has 1 aromatic carbocycles. The molecule has 3 aromatic rings. The van der Waals surface area contributed by atoms with Gasteiger partial charge in [-0.3, -0.25) is 0 Å². The Hall–Kier alpha value is -2.89. The smallest absolute Gasteiger partial charge is 0.151 e. The Bertz CT molecular complexity index is 1000. The van der Waals surface area contributed by atoms with Gasteiger partial charge in [0.05, 0.1) is 17.6 Å². The standard InChI is InChI=1S/C23H27N5O/c1-15-13-24-28(14-15)18-5-6-20(22(29)12-18)21-7-8-23(26-25-21)27(2)19-10-16-3-4-17(9-16)11-19/h5-8,12-14,16-17,19,29H,3-4,9-11H2,1-2H3/t16-,17+,19?. The molecule has 3 atom stereocenters. The fourth-order valence-corrected chi connectivity index (χ4v) is 5.07. The number of aryl methyl sites for hydroxylation is 1. The van der Waals surface area contributed by atoms with Gasteiger partial charge < -0.3 is 10.0 Å². The molecule has 2 heterocycles. The average Bonchev–Trinajstić information content (AvgIpc) is 3.32. The number of fused-ring (bicyclic) bond motifs is 2. The molecule has 150 valence electrons. The molecule has 29 heavy (non-hydrogen) atoms. The average molecular weight is 390 g/mol. The molecule has 2 aliphatic carbocycles. The lowest BCUT2D eigenvalue weighted by Gasteiger charge is -2.35. The Morgan fingerprint density at radius 3 is 2.45 bits per heavy atom. The molecule has 1 N–H and O–H groups in total. The fraction of sp³-hybridized carbons (Fsp3) is 0.435. The second-order valence-corrected chi connectivity index (χ2v) is 8.72. The number of anilines is 1. The van der Waals surface area contributed by atoms with Crippen molar-refractivity contribution in [2.45, 2.75) is 45.1 Å². The monoisotopic (exact) mass is 389 g/mol. The molecule has 0 aliphatic heterocycles. The minimum absolute atomic E-state index is 0.176. The predicted molar refractivity (Wildman–Crippen MR) is 113 cm³/mol. The number of benzene rings is 1. The van der Waals surface area contributed by atoms with E-state index in [4.69, 9.17) is 0 Å². The van der Waals surface area contributed by atoms with Crippen molar-refractivity contribution < 1.29 is 5.11 Å². The van der Waals surface area contributed by atoms with E-state index in [-0.39, 0.29) is 5.75 Å². The van der Waals surface area contributed by atoms with E-state index in [1.54, 1.807) is 16.9 Å². The van der Waals surface area contributed by atoms with Gasteiger partial charge in [-0.1, -0.05) is 12.8 Å². The molecule has 1 unspecified atom stereocenters. The highest BCUT2D eigenvalue weighted by atomic mass is 16.3. The zero-order valence-corrected chi connectivity index (χ0v) is 17.0. The summed E-state index contributed by atoms with van der Waals surface area (Å²) in [5.74, 6) is 2.86. The Kier molecular flexibility index (Phi) is 4.49. The second-order valence-electron chi connectivity index (χ2n) is 8.72. The van der Waals surface area contributed by atoms with Crippen LogP contribution >= 0.6 is 0 Å². The van der Waals surface area contributed by atoms with Crippen molar-refractivity contribution in [1.82, 2.24) is 20.0 Å². The molecule has 2 fully saturated rings. The largest absolute Gasteiger partial charge is 0.507 e. The maximum atomic E-state index is 10.5. The highest BCUT2D eigenvalue weighted by Gasteiger charge is 2.36. The molecule has 2 aliphatic rings. The molecule has 0 radical (unpaired) electrons. The number of hydrogen-bond donors (Lipinski definition) is 1. The van der Waals surface area contributed by atoms with Gasteiger partial charge in [-0.15, -0.1) is 10.2 Å². The number of phenolic OH excluding ortho intramolecular Hbond substituents is 1. The molecular weight excluding hydrogens is 362 g/mol. The third kappa shape index (κ3) is 3.48. The van der Waals surface area contributed by atoms with E-state index in [0.717, 1.165) is 28.9 Å². The Balaban J connectivity index is 1.34. The van der Waals surface area contributed by atoms with Gasteiger partial charge in [0.1, 0.15) is 5.75 Å². The van der Waals surface area contributed by atoms with E-state index in [1.807, 2.05) is 37.4 Å². The van der Waals surface area contributed by atoms with Crippen LogP contribution < -0.4 is 4.90 Å². The third-order valence-electron chi connectivity index (χ3n) is 6.65. The molecule has 2 aromatic heterocycles. The minimum Gasteiger partial charge on any atom is -0.507 e. The lowest BCUT2D eigenvalue weighted by molar-refractivity contribution is 0.312. The van der Waals surface area contributed by atoms with E-state index in [2.05, 4.69) is 27.2 Å². The molecule has 0 spiro atoms. The van der Waals surface area contributed by atoms with Crippen LogP contribution in [0.4, 0.5) is 5.82 Å². The third-order valence-corrected chi connectivity index (χ3v) is 6.65. The van der Waals surface area contributed by atoms with Gasteiger partial charge >= 0.3 is 0 Å². The van der Waals surface area contributed by atoms with E-state index in [9.17, 15) is 5.11 Å². The summed E-state index contributed by atoms with van der Waals surface area (Å²) in [6.45, 7) is 1.99. The summed E-state index contributed by atoms with van der Waals surface area (Å²) in [7, 11) is 2.14. The van der Waals surface area contributed by atoms with Gasteiger partial charge in [0.2, 0.25) is 0 Å². The van der Waals surface area contributed by atoms with E-state index < -0.39 is 0 Å². The van der Waals surface area contributed by atoms with Crippen LogP contribution in [0.15, 0.2) is 42.7 Å². The van der Waals surface area contributed by atoms with Crippen molar-refractivity contribution in [2.24, 2.45) is 11.8 Å². The first-order valence-electron chi connectivity index (χ1n) is 10.5. The van der Waals surface area contributed by atoms with Gasteiger partial charge in [-0.25, -0.2) is 4.68 Å². The lowest BCUT2D eigenvalue weighted by Crippen LogP contribution is -2.37. The summed E-state index contributed by atoms with van der Waals surface area (Å²) in [6.07, 6.45) is 10.5. The number of hydrogen-bond acceptors (Lipinski definition) is 5. The first-order valence-corrected chi connectivity index (χ1v) is 10.5. The summed E-state index contributed by atoms with van der Waals surface area (Å²) in [5, 5.41) is 23.7. The summed E-state index contributed by atoms with van der Waals surface area (Å²) in [5.41, 5.74) is 3.24. The van der Waals surface area contributed by atoms with E-state index in [0.29, 0.717) is 17.3 Å². The van der Waals surface area contributed by atoms with Crippen LogP contribution in [0, 0.1) is 18.8 Å². The van der Waals surface area contributed by atoms with Crippen molar-refractivity contribution in [1.29, 1.82) is 0 Å². The minimum atomic E-state index is 0.176. The van der Waals surface area contributed by atoms with Gasteiger partial charge in [0, 0.05) is 30.9 Å². The predicted octanol–water partition coefficient (Wildman–Crippen LogP) is 4.36. The highest BCUT2D eigenvalue weighted by Crippen LogP contribution is 2.43. The van der Waals surface area contributed by atoms with Crippen LogP contribution in [0.2, 0.25) is 0 Å². The number of aromatic hydroxyl groups is 1. The van der Waals surface area contributed by atoms with Crippen LogP contribution in [-0.4, -0.2) is 38.2 Å². The number of nitrogens with zero attached hydrogens (tertiary/aromatic N) is 5. The molecular formula is C23H27N5O. The van der Waals surface area contributed by atoms with Gasteiger partial charge in [-0.05, 0) is 67.9 Å². The van der Waals surface area contributed by atoms with Crippen LogP contribution in [0.5, 0.6) is 5.75 Å². The van der Waals surface area contributed by atoms with Gasteiger partial charge in [0.25, 0.3) is 0 Å². The molecule has 6 nitrogen and oxygen atoms in total. The first-order chi connectivity index (χ1) is 14.1. The number of rotatable bonds is 4. The zero-order valence-electron chi connectivity index (χ0n) is 17.0. The topological polar surface area (TPSA) is 67.1 Å². The first kappa shape index (κ1) is 18.2. The fourth-order valence-electron chi connectivity index (χ4n) is 5.07. The number of aromatic nitrogens is 4. The van der Waals surface area contributed by atoms with Crippen molar-refractivity contribution in [3.63, 3.8) is 0 Å². The van der Waals surface area contributed by atoms with Crippen molar-refractivity contribution in [3.05, 3.63) is 48.3 Å². The van der Waals surface area contributed by atoms with Crippen molar-refractivity contribution in [3.8, 4) is 22.7 Å². The second kappa shape index (κ2) is 7.17. The molecule has 0 amide bonds. The summed E-state index contributed by atoms with van der Waals surface area (Å²) in [4.78, 5) is 2.30. The Morgan fingerprint density at radius 2 is 1.83 bits per heavy atom. The van der Waals surface area contributed by atoms with Gasteiger partial charge in [-0.2, -0.15) is 5.10 Å². The maximum Gasteiger partial charge on any atom is 0.151 e. The number of phenols is 1. The zero-order chi connectivity index (χ0) is 20.0. The Morgan fingerprint density at radius 1 is 1.03 bits per heavy atom. The van der Waals surface area contributed by atoms with E-state index >= 15 is 0 Å². The van der Waals surface area contributed by atoms with Crippen molar-refractivity contribution >= 4 is 5.82 Å². The molecule has 2 bridgehead atoms. The van der Waals surface area contributed by atoms with Gasteiger partial charge in [0.15, 0.2) is 5.82 Å². The van der Waals surface area contributed by atoms with E-state index in [1.165, 1.54) is 32.1 Å². The SMILES string of the molecule is Cc1cnn(-c2ccc(-c3ccc(N(C)C4C[C@H]5CC[C@@H](C4)C5)nn3)c(O)c2)c1. The van der Waals surface area contributed by atoms with Crippen LogP contribution in [-0.2, 0) is 0 Å². The molecule has 5 rings (SSSR count). The van der Waals surface area contributed by atoms with Crippen LogP contribution in [0.3, 0.4) is 0 Å². The normalized spacial score (nSPS) is 23.3. The Labute approximate surface area is 171 Å². The van der Waals surface area contributed by atoms with Crippen molar-refractivity contribution in [2.75, 3.05) is 11.9 Å². The van der Waals surface area contributed by atoms with Crippen LogP contribution in [0.25, 0.3) is 16.9 Å². The van der Waals surface area contributed by atoms with Crippen LogP contribution in [0.1, 0.15) is 37.7 Å².